The molecule has 0 spiro atoms. The van der Waals surface area contributed by atoms with Crippen LogP contribution in [-0.2, 0) is 0 Å². The van der Waals surface area contributed by atoms with Gasteiger partial charge in [0.15, 0.2) is 5.82 Å². The number of rotatable bonds is 3. The van der Waals surface area contributed by atoms with E-state index in [2.05, 4.69) is 19.9 Å². The van der Waals surface area contributed by atoms with E-state index >= 15 is 0 Å². The quantitative estimate of drug-likeness (QED) is 0.812. The summed E-state index contributed by atoms with van der Waals surface area (Å²) in [6.45, 7) is 0. The number of halogens is 1. The van der Waals surface area contributed by atoms with Gasteiger partial charge in [0.25, 0.3) is 0 Å². The average molecular weight is 291 g/mol. The Labute approximate surface area is 122 Å². The fourth-order valence-corrected chi connectivity index (χ4v) is 2.75. The zero-order valence-electron chi connectivity index (χ0n) is 11.2. The zero-order valence-corrected chi connectivity index (χ0v) is 12.0. The highest BCUT2D eigenvalue weighted by molar-refractivity contribution is 6.29. The summed E-state index contributed by atoms with van der Waals surface area (Å²) >= 11 is 6.13. The topological polar surface area (TPSA) is 60.8 Å². The van der Waals surface area contributed by atoms with Gasteiger partial charge < -0.3 is 4.74 Å². The lowest BCUT2D eigenvalue weighted by molar-refractivity contribution is 0.397. The minimum atomic E-state index is 0.453. The van der Waals surface area contributed by atoms with Crippen LogP contribution in [0.5, 0.6) is 5.88 Å². The molecule has 104 valence electrons. The Hall–Kier alpha value is -1.75. The van der Waals surface area contributed by atoms with Crippen LogP contribution in [0.15, 0.2) is 18.5 Å². The van der Waals surface area contributed by atoms with Crippen molar-refractivity contribution in [3.05, 3.63) is 29.3 Å². The number of nitrogens with zero attached hydrogens (tertiary/aromatic N) is 4. The minimum Gasteiger partial charge on any atom is -0.481 e. The van der Waals surface area contributed by atoms with Crippen LogP contribution in [0.2, 0.25) is 5.15 Å². The molecule has 0 N–H and O–H groups in total. The molecule has 1 aliphatic rings. The Morgan fingerprint density at radius 2 is 1.95 bits per heavy atom. The van der Waals surface area contributed by atoms with Crippen molar-refractivity contribution in [2.45, 2.75) is 31.6 Å². The maximum absolute atomic E-state index is 6.13. The van der Waals surface area contributed by atoms with Crippen molar-refractivity contribution in [2.24, 2.45) is 0 Å². The van der Waals surface area contributed by atoms with Crippen molar-refractivity contribution in [1.29, 1.82) is 0 Å². The number of ether oxygens (including phenoxy) is 1. The second-order valence-electron chi connectivity index (χ2n) is 4.87. The van der Waals surface area contributed by atoms with E-state index in [1.807, 2.05) is 6.07 Å². The van der Waals surface area contributed by atoms with Gasteiger partial charge in [-0.25, -0.2) is 19.9 Å². The Morgan fingerprint density at radius 3 is 2.70 bits per heavy atom. The van der Waals surface area contributed by atoms with E-state index in [1.165, 1.54) is 32.0 Å². The first-order valence-electron chi connectivity index (χ1n) is 6.67. The van der Waals surface area contributed by atoms with Crippen LogP contribution < -0.4 is 4.74 Å². The minimum absolute atomic E-state index is 0.453. The first kappa shape index (κ1) is 13.2. The lowest BCUT2D eigenvalue weighted by Gasteiger charge is -2.10. The molecule has 3 rings (SSSR count). The van der Waals surface area contributed by atoms with Gasteiger partial charge in [-0.2, -0.15) is 0 Å². The molecule has 1 saturated carbocycles. The Balaban J connectivity index is 1.99. The molecule has 0 aromatic carbocycles. The first-order valence-corrected chi connectivity index (χ1v) is 7.05. The third-order valence-corrected chi connectivity index (χ3v) is 3.76. The highest BCUT2D eigenvalue weighted by Crippen LogP contribution is 2.34. The van der Waals surface area contributed by atoms with Gasteiger partial charge in [-0.15, -0.1) is 0 Å². The number of methoxy groups -OCH3 is 1. The lowest BCUT2D eigenvalue weighted by atomic mass is 10.0. The Bertz CT molecular complexity index is 614. The standard InChI is InChI=1S/C14H15ClN4O/c1-20-13-7-11(16-8-17-13)14-18-10(6-12(15)19-14)9-4-2-3-5-9/h6-9H,2-5H2,1H3. The van der Waals surface area contributed by atoms with E-state index in [4.69, 9.17) is 16.3 Å². The summed E-state index contributed by atoms with van der Waals surface area (Å²) in [4.78, 5) is 17.1. The molecule has 2 aromatic rings. The second-order valence-corrected chi connectivity index (χ2v) is 5.25. The second kappa shape index (κ2) is 5.71. The summed E-state index contributed by atoms with van der Waals surface area (Å²) in [6, 6.07) is 3.57. The van der Waals surface area contributed by atoms with Crippen LogP contribution in [-0.4, -0.2) is 27.0 Å². The molecule has 2 heterocycles. The predicted octanol–water partition coefficient (Wildman–Crippen LogP) is 3.25. The molecule has 0 unspecified atom stereocenters. The van der Waals surface area contributed by atoms with Gasteiger partial charge in [0, 0.05) is 17.7 Å². The van der Waals surface area contributed by atoms with Crippen LogP contribution in [0.4, 0.5) is 0 Å². The number of aromatic nitrogens is 4. The fourth-order valence-electron chi connectivity index (χ4n) is 2.55. The monoisotopic (exact) mass is 290 g/mol. The summed E-state index contributed by atoms with van der Waals surface area (Å²) in [6.07, 6.45) is 6.28. The van der Waals surface area contributed by atoms with Crippen molar-refractivity contribution in [3.8, 4) is 17.4 Å². The summed E-state index contributed by atoms with van der Waals surface area (Å²) < 4.78 is 5.10. The molecule has 6 heteroatoms. The maximum Gasteiger partial charge on any atom is 0.216 e. The van der Waals surface area contributed by atoms with Gasteiger partial charge in [0.05, 0.1) is 7.11 Å². The molecule has 0 radical (unpaired) electrons. The molecule has 20 heavy (non-hydrogen) atoms. The third kappa shape index (κ3) is 2.72. The molecule has 1 fully saturated rings. The van der Waals surface area contributed by atoms with E-state index < -0.39 is 0 Å². The van der Waals surface area contributed by atoms with Crippen molar-refractivity contribution in [1.82, 2.24) is 19.9 Å². The molecular weight excluding hydrogens is 276 g/mol. The molecule has 0 saturated heterocycles. The third-order valence-electron chi connectivity index (χ3n) is 3.57. The predicted molar refractivity (Wildman–Crippen MR) is 75.8 cm³/mol. The van der Waals surface area contributed by atoms with Crippen LogP contribution in [0.1, 0.15) is 37.3 Å². The van der Waals surface area contributed by atoms with Crippen molar-refractivity contribution in [3.63, 3.8) is 0 Å². The van der Waals surface area contributed by atoms with Crippen molar-refractivity contribution in [2.75, 3.05) is 7.11 Å². The van der Waals surface area contributed by atoms with Gasteiger partial charge in [0.1, 0.15) is 17.2 Å². The van der Waals surface area contributed by atoms with Crippen LogP contribution in [0, 0.1) is 0 Å². The maximum atomic E-state index is 6.13. The zero-order chi connectivity index (χ0) is 13.9. The fraction of sp³-hybridized carbons (Fsp3) is 0.429. The van der Waals surface area contributed by atoms with E-state index in [-0.39, 0.29) is 0 Å². The summed E-state index contributed by atoms with van der Waals surface area (Å²) in [5.41, 5.74) is 1.63. The largest absolute Gasteiger partial charge is 0.481 e. The first-order chi connectivity index (χ1) is 9.76. The van der Waals surface area contributed by atoms with E-state index in [1.54, 1.807) is 13.2 Å². The molecule has 1 aliphatic carbocycles. The van der Waals surface area contributed by atoms with Gasteiger partial charge in [-0.3, -0.25) is 0 Å². The van der Waals surface area contributed by atoms with Crippen molar-refractivity contribution >= 4 is 11.6 Å². The number of hydrogen-bond donors (Lipinski definition) is 0. The molecule has 0 bridgehead atoms. The van der Waals surface area contributed by atoms with Crippen LogP contribution >= 0.6 is 11.6 Å². The van der Waals surface area contributed by atoms with Crippen LogP contribution in [0.25, 0.3) is 11.5 Å². The molecule has 0 amide bonds. The molecule has 5 nitrogen and oxygen atoms in total. The van der Waals surface area contributed by atoms with E-state index in [0.717, 1.165) is 5.69 Å². The van der Waals surface area contributed by atoms with E-state index in [9.17, 15) is 0 Å². The molecule has 0 aliphatic heterocycles. The molecule has 2 aromatic heterocycles. The normalized spacial score (nSPS) is 15.5. The van der Waals surface area contributed by atoms with Gasteiger partial charge in [0.2, 0.25) is 5.88 Å². The highest BCUT2D eigenvalue weighted by atomic mass is 35.5. The number of hydrogen-bond acceptors (Lipinski definition) is 5. The summed E-state index contributed by atoms with van der Waals surface area (Å²) in [7, 11) is 1.56. The van der Waals surface area contributed by atoms with E-state index in [0.29, 0.717) is 28.5 Å². The Kier molecular flexibility index (Phi) is 3.78. The molecule has 0 atom stereocenters. The summed E-state index contributed by atoms with van der Waals surface area (Å²) in [5, 5.41) is 0.453. The SMILES string of the molecule is COc1cc(-c2nc(Cl)cc(C3CCCC3)n2)ncn1. The smallest absolute Gasteiger partial charge is 0.216 e. The average Bonchev–Trinajstić information content (AvgIpc) is 3.01. The highest BCUT2D eigenvalue weighted by Gasteiger charge is 2.20. The van der Waals surface area contributed by atoms with Gasteiger partial charge in [-0.1, -0.05) is 24.4 Å². The van der Waals surface area contributed by atoms with Crippen molar-refractivity contribution < 1.29 is 4.74 Å². The molecular formula is C14H15ClN4O. The van der Waals surface area contributed by atoms with Gasteiger partial charge >= 0.3 is 0 Å². The van der Waals surface area contributed by atoms with Crippen LogP contribution in [0.3, 0.4) is 0 Å². The Morgan fingerprint density at radius 1 is 1.15 bits per heavy atom. The summed E-state index contributed by atoms with van der Waals surface area (Å²) in [5.74, 6) is 1.50. The lowest BCUT2D eigenvalue weighted by Crippen LogP contribution is -2.02. The van der Waals surface area contributed by atoms with Gasteiger partial charge in [-0.05, 0) is 18.9 Å².